The van der Waals surface area contributed by atoms with E-state index in [0.717, 1.165) is 23.5 Å². The van der Waals surface area contributed by atoms with Crippen LogP contribution in [0.2, 0.25) is 0 Å². The number of nitrogens with two attached hydrogens (primary N) is 1. The van der Waals surface area contributed by atoms with Gasteiger partial charge in [-0.25, -0.2) is 0 Å². The molecule has 92 valence electrons. The molecule has 2 N–H and O–H groups in total. The minimum atomic E-state index is 0.473. The third-order valence-corrected chi connectivity index (χ3v) is 4.61. The molecule has 0 aromatic rings. The van der Waals surface area contributed by atoms with Crippen molar-refractivity contribution >= 4 is 17.2 Å². The zero-order valence-corrected chi connectivity index (χ0v) is 11.1. The van der Waals surface area contributed by atoms with E-state index < -0.39 is 0 Å². The van der Waals surface area contributed by atoms with E-state index in [0.29, 0.717) is 5.92 Å². The highest BCUT2D eigenvalue weighted by Crippen LogP contribution is 2.30. The van der Waals surface area contributed by atoms with Gasteiger partial charge in [0.2, 0.25) is 0 Å². The molecule has 2 fully saturated rings. The van der Waals surface area contributed by atoms with Gasteiger partial charge in [0.05, 0.1) is 4.99 Å². The largest absolute Gasteiger partial charge is 0.393 e. The second-order valence-corrected chi connectivity index (χ2v) is 6.13. The quantitative estimate of drug-likeness (QED) is 0.752. The molecule has 0 amide bonds. The van der Waals surface area contributed by atoms with Crippen LogP contribution < -0.4 is 5.73 Å². The molecule has 16 heavy (non-hydrogen) atoms. The van der Waals surface area contributed by atoms with Gasteiger partial charge in [-0.3, -0.25) is 4.90 Å². The van der Waals surface area contributed by atoms with E-state index in [1.165, 1.54) is 45.1 Å². The van der Waals surface area contributed by atoms with Crippen LogP contribution in [-0.2, 0) is 0 Å². The molecule has 3 atom stereocenters. The van der Waals surface area contributed by atoms with Crippen molar-refractivity contribution in [3.05, 3.63) is 0 Å². The first-order valence-electron chi connectivity index (χ1n) is 6.70. The van der Waals surface area contributed by atoms with Crippen LogP contribution in [0, 0.1) is 11.8 Å². The molecule has 3 heteroatoms. The van der Waals surface area contributed by atoms with Crippen molar-refractivity contribution in [3.63, 3.8) is 0 Å². The fourth-order valence-electron chi connectivity index (χ4n) is 3.30. The zero-order valence-electron chi connectivity index (χ0n) is 10.3. The highest BCUT2D eigenvalue weighted by Gasteiger charge is 2.29. The van der Waals surface area contributed by atoms with Crippen LogP contribution in [0.15, 0.2) is 0 Å². The average Bonchev–Trinajstić information content (AvgIpc) is 2.29. The summed E-state index contributed by atoms with van der Waals surface area (Å²) < 4.78 is 0. The zero-order chi connectivity index (χ0) is 11.5. The van der Waals surface area contributed by atoms with E-state index in [4.69, 9.17) is 18.0 Å². The summed E-state index contributed by atoms with van der Waals surface area (Å²) in [6, 6.07) is 0.806. The SMILES string of the molecule is CC1CCCC(N2CCCC(C(N)=S)C2)C1. The Bertz CT molecular complexity index is 254. The lowest BCUT2D eigenvalue weighted by Crippen LogP contribution is -2.47. The third-order valence-electron chi connectivity index (χ3n) is 4.28. The monoisotopic (exact) mass is 240 g/mol. The van der Waals surface area contributed by atoms with Gasteiger partial charge in [-0.05, 0) is 38.1 Å². The van der Waals surface area contributed by atoms with Gasteiger partial charge in [0.25, 0.3) is 0 Å². The lowest BCUT2D eigenvalue weighted by atomic mass is 9.84. The number of hydrogen-bond acceptors (Lipinski definition) is 2. The third kappa shape index (κ3) is 2.95. The van der Waals surface area contributed by atoms with Gasteiger partial charge >= 0.3 is 0 Å². The van der Waals surface area contributed by atoms with Crippen LogP contribution in [0.25, 0.3) is 0 Å². The van der Waals surface area contributed by atoms with E-state index in [-0.39, 0.29) is 0 Å². The van der Waals surface area contributed by atoms with Gasteiger partial charge in [0.1, 0.15) is 0 Å². The molecule has 1 heterocycles. The Balaban J connectivity index is 1.90. The number of rotatable bonds is 2. The Hall–Kier alpha value is -0.150. The van der Waals surface area contributed by atoms with Gasteiger partial charge < -0.3 is 5.73 Å². The van der Waals surface area contributed by atoms with Crippen LogP contribution in [-0.4, -0.2) is 29.0 Å². The Kier molecular flexibility index (Phi) is 4.20. The molecule has 0 bridgehead atoms. The van der Waals surface area contributed by atoms with Crippen molar-refractivity contribution < 1.29 is 0 Å². The van der Waals surface area contributed by atoms with Crippen molar-refractivity contribution in [1.29, 1.82) is 0 Å². The summed E-state index contributed by atoms with van der Waals surface area (Å²) in [6.07, 6.45) is 8.06. The summed E-state index contributed by atoms with van der Waals surface area (Å²) in [5, 5.41) is 0. The maximum absolute atomic E-state index is 5.79. The van der Waals surface area contributed by atoms with Gasteiger partial charge in [0.15, 0.2) is 0 Å². The molecule has 3 unspecified atom stereocenters. The second kappa shape index (κ2) is 5.46. The molecule has 0 aromatic carbocycles. The lowest BCUT2D eigenvalue weighted by molar-refractivity contribution is 0.101. The summed E-state index contributed by atoms with van der Waals surface area (Å²) in [6.45, 7) is 4.77. The molecule has 0 aromatic heterocycles. The molecule has 1 aliphatic carbocycles. The number of hydrogen-bond donors (Lipinski definition) is 1. The molecule has 2 nitrogen and oxygen atoms in total. The minimum absolute atomic E-state index is 0.473. The van der Waals surface area contributed by atoms with E-state index in [1.54, 1.807) is 0 Å². The van der Waals surface area contributed by atoms with Gasteiger partial charge in [-0.15, -0.1) is 0 Å². The number of thiocarbonyl (C=S) groups is 1. The normalized spacial score (nSPS) is 37.2. The first-order chi connectivity index (χ1) is 7.66. The van der Waals surface area contributed by atoms with Crippen LogP contribution >= 0.6 is 12.2 Å². The molecule has 0 radical (unpaired) electrons. The van der Waals surface area contributed by atoms with Crippen LogP contribution in [0.4, 0.5) is 0 Å². The van der Waals surface area contributed by atoms with Crippen LogP contribution in [0.3, 0.4) is 0 Å². The van der Waals surface area contributed by atoms with E-state index >= 15 is 0 Å². The fourth-order valence-corrected chi connectivity index (χ4v) is 3.50. The minimum Gasteiger partial charge on any atom is -0.393 e. The summed E-state index contributed by atoms with van der Waals surface area (Å²) in [7, 11) is 0. The first-order valence-corrected chi connectivity index (χ1v) is 7.11. The molecule has 1 saturated carbocycles. The molecule has 2 aliphatic rings. The Morgan fingerprint density at radius 1 is 1.25 bits per heavy atom. The molecular formula is C13H24N2S. The van der Waals surface area contributed by atoms with Crippen molar-refractivity contribution in [3.8, 4) is 0 Å². The number of likely N-dealkylation sites (tertiary alicyclic amines) is 1. The summed E-state index contributed by atoms with van der Waals surface area (Å²) >= 11 is 5.14. The van der Waals surface area contributed by atoms with Gasteiger partial charge in [-0.1, -0.05) is 32.0 Å². The van der Waals surface area contributed by atoms with Crippen molar-refractivity contribution in [1.82, 2.24) is 4.90 Å². The molecule has 2 rings (SSSR count). The van der Waals surface area contributed by atoms with Gasteiger partial charge in [-0.2, -0.15) is 0 Å². The second-order valence-electron chi connectivity index (χ2n) is 5.66. The molecular weight excluding hydrogens is 216 g/mol. The Morgan fingerprint density at radius 2 is 2.06 bits per heavy atom. The van der Waals surface area contributed by atoms with Crippen LogP contribution in [0.1, 0.15) is 45.4 Å². The van der Waals surface area contributed by atoms with E-state index in [9.17, 15) is 0 Å². The molecule has 1 saturated heterocycles. The standard InChI is InChI=1S/C13H24N2S/c1-10-4-2-6-12(8-10)15-7-3-5-11(9-15)13(14)16/h10-12H,2-9H2,1H3,(H2,14,16). The number of nitrogens with zero attached hydrogens (tertiary/aromatic N) is 1. The predicted molar refractivity (Wildman–Crippen MR) is 72.5 cm³/mol. The summed E-state index contributed by atoms with van der Waals surface area (Å²) in [4.78, 5) is 3.39. The smallest absolute Gasteiger partial charge is 0.0771 e. The van der Waals surface area contributed by atoms with Gasteiger partial charge in [0, 0.05) is 18.5 Å². The Labute approximate surface area is 105 Å². The highest BCUT2D eigenvalue weighted by molar-refractivity contribution is 7.80. The summed E-state index contributed by atoms with van der Waals surface area (Å²) in [5.41, 5.74) is 5.79. The fraction of sp³-hybridized carbons (Fsp3) is 0.923. The first kappa shape index (κ1) is 12.3. The molecule has 0 spiro atoms. The molecule has 1 aliphatic heterocycles. The maximum atomic E-state index is 5.79. The predicted octanol–water partition coefficient (Wildman–Crippen LogP) is 2.56. The van der Waals surface area contributed by atoms with Crippen molar-refractivity contribution in [2.24, 2.45) is 17.6 Å². The maximum Gasteiger partial charge on any atom is 0.0771 e. The van der Waals surface area contributed by atoms with E-state index in [2.05, 4.69) is 11.8 Å². The Morgan fingerprint density at radius 3 is 2.75 bits per heavy atom. The summed E-state index contributed by atoms with van der Waals surface area (Å²) in [5.74, 6) is 1.38. The van der Waals surface area contributed by atoms with Crippen molar-refractivity contribution in [2.75, 3.05) is 13.1 Å². The van der Waals surface area contributed by atoms with Crippen LogP contribution in [0.5, 0.6) is 0 Å². The number of piperidine rings is 1. The lowest BCUT2D eigenvalue weighted by Gasteiger charge is -2.41. The van der Waals surface area contributed by atoms with Crippen molar-refractivity contribution in [2.45, 2.75) is 51.5 Å². The topological polar surface area (TPSA) is 29.3 Å². The average molecular weight is 240 g/mol. The van der Waals surface area contributed by atoms with E-state index in [1.807, 2.05) is 0 Å². The highest BCUT2D eigenvalue weighted by atomic mass is 32.1.